The van der Waals surface area contributed by atoms with E-state index in [-0.39, 0.29) is 22.7 Å². The van der Waals surface area contributed by atoms with Crippen LogP contribution in [0.5, 0.6) is 0 Å². The summed E-state index contributed by atoms with van der Waals surface area (Å²) in [5.41, 5.74) is 0.582. The molecule has 0 aliphatic heterocycles. The fourth-order valence-corrected chi connectivity index (χ4v) is 2.14. The molecule has 0 unspecified atom stereocenters. The number of nitrogens with zero attached hydrogens (tertiary/aromatic N) is 2. The molecule has 0 atom stereocenters. The van der Waals surface area contributed by atoms with E-state index in [1.165, 1.54) is 24.3 Å². The Bertz CT molecular complexity index is 849. The van der Waals surface area contributed by atoms with Crippen molar-refractivity contribution in [2.45, 2.75) is 13.8 Å². The molecule has 26 heavy (non-hydrogen) atoms. The van der Waals surface area contributed by atoms with Crippen molar-refractivity contribution in [3.8, 4) is 0 Å². The van der Waals surface area contributed by atoms with Gasteiger partial charge in [-0.15, -0.1) is 0 Å². The summed E-state index contributed by atoms with van der Waals surface area (Å²) in [6.45, 7) is 3.08. The van der Waals surface area contributed by atoms with Crippen LogP contribution in [0.15, 0.2) is 36.4 Å². The summed E-state index contributed by atoms with van der Waals surface area (Å²) in [6.07, 6.45) is 0. The Kier molecular flexibility index (Phi) is 5.26. The predicted octanol–water partition coefficient (Wildman–Crippen LogP) is 2.70. The van der Waals surface area contributed by atoms with Crippen LogP contribution in [-0.4, -0.2) is 21.7 Å². The van der Waals surface area contributed by atoms with Crippen LogP contribution >= 0.6 is 0 Å². The number of nitro groups is 2. The number of rotatable bonds is 4. The minimum atomic E-state index is -1.06. The second-order valence-electron chi connectivity index (χ2n) is 5.42. The molecule has 0 spiro atoms. The number of anilines is 2. The van der Waals surface area contributed by atoms with E-state index in [0.29, 0.717) is 11.1 Å². The van der Waals surface area contributed by atoms with E-state index in [2.05, 4.69) is 10.6 Å². The van der Waals surface area contributed by atoms with Crippen molar-refractivity contribution in [3.05, 3.63) is 67.8 Å². The second-order valence-corrected chi connectivity index (χ2v) is 5.42. The third-order valence-corrected chi connectivity index (χ3v) is 3.53. The molecule has 10 heteroatoms. The van der Waals surface area contributed by atoms with Crippen LogP contribution in [-0.2, 0) is 9.59 Å². The van der Waals surface area contributed by atoms with Gasteiger partial charge in [-0.05, 0) is 26.0 Å². The van der Waals surface area contributed by atoms with Crippen LogP contribution in [0, 0.1) is 34.1 Å². The zero-order chi connectivity index (χ0) is 19.4. The lowest BCUT2D eigenvalue weighted by atomic mass is 10.2. The average Bonchev–Trinajstić information content (AvgIpc) is 2.57. The van der Waals surface area contributed by atoms with Crippen LogP contribution in [0.25, 0.3) is 0 Å². The molecular formula is C16H14N4O6. The summed E-state index contributed by atoms with van der Waals surface area (Å²) in [7, 11) is 0. The van der Waals surface area contributed by atoms with Crippen molar-refractivity contribution >= 4 is 34.6 Å². The van der Waals surface area contributed by atoms with Crippen LogP contribution in [0.1, 0.15) is 11.1 Å². The summed E-state index contributed by atoms with van der Waals surface area (Å²) >= 11 is 0. The zero-order valence-corrected chi connectivity index (χ0v) is 13.8. The number of nitro benzene ring substituents is 2. The lowest BCUT2D eigenvalue weighted by molar-refractivity contribution is -0.385. The molecule has 2 amide bonds. The molecule has 0 aliphatic carbocycles. The SMILES string of the molecule is Cc1ccc(NC(=O)C(=O)Nc2ccc(C)c([N+](=O)[O-])c2)cc1[N+](=O)[O-]. The first-order chi connectivity index (χ1) is 12.2. The fourth-order valence-electron chi connectivity index (χ4n) is 2.14. The molecule has 0 aromatic heterocycles. The van der Waals surface area contributed by atoms with Crippen molar-refractivity contribution in [3.63, 3.8) is 0 Å². The summed E-state index contributed by atoms with van der Waals surface area (Å²) in [4.78, 5) is 44.5. The van der Waals surface area contributed by atoms with Crippen LogP contribution in [0.3, 0.4) is 0 Å². The third-order valence-electron chi connectivity index (χ3n) is 3.53. The van der Waals surface area contributed by atoms with Gasteiger partial charge in [0.1, 0.15) is 0 Å². The minimum absolute atomic E-state index is 0.0809. The first kappa shape index (κ1) is 18.5. The van der Waals surface area contributed by atoms with E-state index < -0.39 is 21.7 Å². The van der Waals surface area contributed by atoms with E-state index in [1.807, 2.05) is 0 Å². The first-order valence-electron chi connectivity index (χ1n) is 7.31. The topological polar surface area (TPSA) is 144 Å². The molecule has 2 N–H and O–H groups in total. The summed E-state index contributed by atoms with van der Waals surface area (Å²) < 4.78 is 0. The molecule has 0 aliphatic rings. The van der Waals surface area contributed by atoms with Crippen LogP contribution in [0.2, 0.25) is 0 Å². The van der Waals surface area contributed by atoms with E-state index in [1.54, 1.807) is 13.8 Å². The molecular weight excluding hydrogens is 344 g/mol. The first-order valence-corrected chi connectivity index (χ1v) is 7.31. The standard InChI is InChI=1S/C16H14N4O6/c1-9-3-5-11(7-13(9)19(23)24)17-15(21)16(22)18-12-6-4-10(2)14(8-12)20(25)26/h3-8H,1-2H3,(H,17,21)(H,18,22). The van der Waals surface area contributed by atoms with Crippen molar-refractivity contribution < 1.29 is 19.4 Å². The van der Waals surface area contributed by atoms with Crippen molar-refractivity contribution in [1.29, 1.82) is 0 Å². The summed E-state index contributed by atoms with van der Waals surface area (Å²) in [5.74, 6) is -2.13. The average molecular weight is 358 g/mol. The zero-order valence-electron chi connectivity index (χ0n) is 13.8. The van der Waals surface area contributed by atoms with Gasteiger partial charge in [0.25, 0.3) is 11.4 Å². The van der Waals surface area contributed by atoms with Gasteiger partial charge in [0.2, 0.25) is 0 Å². The lowest BCUT2D eigenvalue weighted by Gasteiger charge is -2.08. The number of nitrogens with one attached hydrogen (secondary N) is 2. The van der Waals surface area contributed by atoms with Gasteiger partial charge in [-0.1, -0.05) is 12.1 Å². The maximum atomic E-state index is 11.9. The highest BCUT2D eigenvalue weighted by Gasteiger charge is 2.18. The molecule has 0 fully saturated rings. The number of aryl methyl sites for hydroxylation is 2. The highest BCUT2D eigenvalue weighted by molar-refractivity contribution is 6.43. The Labute approximate surface area is 147 Å². The molecule has 0 radical (unpaired) electrons. The van der Waals surface area contributed by atoms with Crippen molar-refractivity contribution in [2.75, 3.05) is 10.6 Å². The lowest BCUT2D eigenvalue weighted by Crippen LogP contribution is -2.29. The Morgan fingerprint density at radius 1 is 0.769 bits per heavy atom. The quantitative estimate of drug-likeness (QED) is 0.488. The monoisotopic (exact) mass is 358 g/mol. The molecule has 2 rings (SSSR count). The summed E-state index contributed by atoms with van der Waals surface area (Å²) in [6, 6.07) is 7.99. The summed E-state index contributed by atoms with van der Waals surface area (Å²) in [5, 5.41) is 26.3. The molecule has 2 aromatic carbocycles. The number of hydrogen-bond donors (Lipinski definition) is 2. The van der Waals surface area contributed by atoms with Gasteiger partial charge >= 0.3 is 11.8 Å². The molecule has 0 bridgehead atoms. The maximum absolute atomic E-state index is 11.9. The van der Waals surface area contributed by atoms with Crippen molar-refractivity contribution in [1.82, 2.24) is 0 Å². The normalized spacial score (nSPS) is 10.1. The number of hydrogen-bond acceptors (Lipinski definition) is 6. The van der Waals surface area contributed by atoms with Gasteiger partial charge in [0.05, 0.1) is 9.85 Å². The molecule has 10 nitrogen and oxygen atoms in total. The van der Waals surface area contributed by atoms with E-state index in [4.69, 9.17) is 0 Å². The number of carbonyl (C=O) groups is 2. The van der Waals surface area contributed by atoms with Gasteiger partial charge in [-0.3, -0.25) is 29.8 Å². The van der Waals surface area contributed by atoms with Crippen molar-refractivity contribution in [2.24, 2.45) is 0 Å². The van der Waals surface area contributed by atoms with Gasteiger partial charge in [0, 0.05) is 34.6 Å². The highest BCUT2D eigenvalue weighted by Crippen LogP contribution is 2.23. The molecule has 0 saturated heterocycles. The molecule has 0 saturated carbocycles. The fraction of sp³-hybridized carbons (Fsp3) is 0.125. The second kappa shape index (κ2) is 7.38. The molecule has 2 aromatic rings. The smallest absolute Gasteiger partial charge is 0.314 e. The third kappa shape index (κ3) is 4.17. The van der Waals surface area contributed by atoms with E-state index in [0.717, 1.165) is 12.1 Å². The van der Waals surface area contributed by atoms with Gasteiger partial charge in [-0.25, -0.2) is 0 Å². The largest absolute Gasteiger partial charge is 0.318 e. The minimum Gasteiger partial charge on any atom is -0.318 e. The predicted molar refractivity (Wildman–Crippen MR) is 92.9 cm³/mol. The van der Waals surface area contributed by atoms with Gasteiger partial charge in [-0.2, -0.15) is 0 Å². The van der Waals surface area contributed by atoms with Crippen LogP contribution in [0.4, 0.5) is 22.7 Å². The highest BCUT2D eigenvalue weighted by atomic mass is 16.6. The Morgan fingerprint density at radius 3 is 1.42 bits per heavy atom. The number of amides is 2. The van der Waals surface area contributed by atoms with Gasteiger partial charge in [0.15, 0.2) is 0 Å². The number of benzene rings is 2. The Hall–Kier alpha value is -3.82. The Morgan fingerprint density at radius 2 is 1.12 bits per heavy atom. The Balaban J connectivity index is 2.12. The molecule has 0 heterocycles. The van der Waals surface area contributed by atoms with Crippen LogP contribution < -0.4 is 10.6 Å². The maximum Gasteiger partial charge on any atom is 0.314 e. The number of carbonyl (C=O) groups excluding carboxylic acids is 2. The molecule has 134 valence electrons. The van der Waals surface area contributed by atoms with E-state index in [9.17, 15) is 29.8 Å². The van der Waals surface area contributed by atoms with E-state index >= 15 is 0 Å². The van der Waals surface area contributed by atoms with Gasteiger partial charge < -0.3 is 10.6 Å².